The first kappa shape index (κ1) is 60.7. The molecular formula is C51H68Br2ClKN8O6. The normalized spacial score (nSPS) is 14.7. The first-order valence-corrected chi connectivity index (χ1v) is 24.8. The van der Waals surface area contributed by atoms with Crippen LogP contribution in [0.5, 0.6) is 0 Å². The zero-order valence-electron chi connectivity index (χ0n) is 39.8. The van der Waals surface area contributed by atoms with Gasteiger partial charge in [0.05, 0.1) is 53.8 Å². The molecule has 3 aliphatic rings. The van der Waals surface area contributed by atoms with Crippen LogP contribution in [0.25, 0.3) is 27.5 Å². The number of nitrogens with one attached hydrogen (secondary N) is 3. The first-order valence-electron chi connectivity index (χ1n) is 22.8. The second kappa shape index (κ2) is 33.2. The SMILES string of the molecule is Brc1ccc2cc[nH]c2c1.C.C1CCOC1.CC(C)(C)[O-].O=C(NCCCN1CCOCC1)c1cnccc1-n1ccc2ccc(Br)cc21.O=C(NCCCN1CCOCC1)c1cnccc1Cl.[K+]. The Balaban J connectivity index is 0.000000263. The standard InChI is InChI=1S/C21H23BrN4O2.C13H18ClN3O2.C8H6BrN.C4H8O.C4H9O.CH4.K/c22-17-3-2-16-5-9-26(20(16)14-17)19-4-7-23-15-18(19)21(27)24-6-1-8-25-10-12-28-13-11-25;14-12-2-4-15-10-11(12)13(18)16-3-1-5-17-6-8-19-9-7-17;9-7-2-1-6-3-4-10-8(6)5-7;1-2-4-5-3-1;1-4(2,3)5;;/h2-5,7,9,14-15H,1,6,8,10-13H2,(H,24,27);2,4,10H,1,3,5-9H2,(H,16,18);1-5,10H;1-4H2;1-3H3;1H4;/q;;;;-1;;+1. The van der Waals surface area contributed by atoms with Gasteiger partial charge in [0, 0.05) is 110 Å². The van der Waals surface area contributed by atoms with Gasteiger partial charge in [-0.3, -0.25) is 29.4 Å². The number of ether oxygens (including phenoxy) is 3. The van der Waals surface area contributed by atoms with Crippen molar-refractivity contribution in [2.24, 2.45) is 0 Å². The van der Waals surface area contributed by atoms with Crippen LogP contribution in [0.4, 0.5) is 0 Å². The van der Waals surface area contributed by atoms with Gasteiger partial charge in [-0.2, -0.15) is 0 Å². The molecule has 4 aromatic heterocycles. The Morgan fingerprint density at radius 2 is 1.23 bits per heavy atom. The van der Waals surface area contributed by atoms with E-state index in [4.69, 9.17) is 25.8 Å². The van der Waals surface area contributed by atoms with E-state index in [1.807, 2.05) is 41.2 Å². The summed E-state index contributed by atoms with van der Waals surface area (Å²) >= 11 is 12.9. The van der Waals surface area contributed by atoms with Crippen molar-refractivity contribution in [2.75, 3.05) is 92.0 Å². The summed E-state index contributed by atoms with van der Waals surface area (Å²) < 4.78 is 19.7. The number of fused-ring (bicyclic) bond motifs is 2. The largest absolute Gasteiger partial charge is 1.00 e. The molecular weight excluding hydrogens is 1050 g/mol. The smallest absolute Gasteiger partial charge is 0.850 e. The van der Waals surface area contributed by atoms with Crippen LogP contribution < -0.4 is 67.1 Å². The van der Waals surface area contributed by atoms with Gasteiger partial charge in [-0.1, -0.05) is 83.8 Å². The molecule has 0 radical (unpaired) electrons. The number of H-pyrrole nitrogens is 1. The second-order valence-corrected chi connectivity index (χ2v) is 19.1. The predicted octanol–water partition coefficient (Wildman–Crippen LogP) is 5.94. The van der Waals surface area contributed by atoms with E-state index in [9.17, 15) is 14.7 Å². The number of hydrogen-bond donors (Lipinski definition) is 3. The molecule has 3 saturated heterocycles. The van der Waals surface area contributed by atoms with Crippen LogP contribution in [0, 0.1) is 0 Å². The predicted molar refractivity (Wildman–Crippen MR) is 279 cm³/mol. The number of carbonyl (C=O) groups is 2. The van der Waals surface area contributed by atoms with E-state index in [1.54, 1.807) is 45.4 Å². The zero-order valence-corrected chi connectivity index (χ0v) is 46.8. The zero-order chi connectivity index (χ0) is 47.9. The summed E-state index contributed by atoms with van der Waals surface area (Å²) in [4.78, 5) is 40.6. The summed E-state index contributed by atoms with van der Waals surface area (Å²) in [6.07, 6.45) is 14.7. The van der Waals surface area contributed by atoms with Crippen molar-refractivity contribution in [3.05, 3.63) is 123 Å². The maximum Gasteiger partial charge on any atom is 1.00 e. The van der Waals surface area contributed by atoms with Crippen molar-refractivity contribution in [3.8, 4) is 5.69 Å². The molecule has 3 fully saturated rings. The Morgan fingerprint density at radius 1 is 0.725 bits per heavy atom. The van der Waals surface area contributed by atoms with E-state index in [0.717, 1.165) is 117 Å². The number of nitrogens with zero attached hydrogens (tertiary/aromatic N) is 5. The van der Waals surface area contributed by atoms with Gasteiger partial charge in [-0.05, 0) is 92.7 Å². The number of aromatic nitrogens is 4. The number of benzene rings is 2. The minimum absolute atomic E-state index is 0. The number of pyridine rings is 2. The van der Waals surface area contributed by atoms with E-state index in [1.165, 1.54) is 29.9 Å². The summed E-state index contributed by atoms with van der Waals surface area (Å²) in [7, 11) is 0. The Kier molecular flexibility index (Phi) is 29.2. The third-order valence-corrected chi connectivity index (χ3v) is 11.7. The average Bonchev–Trinajstić information content (AvgIpc) is 4.14. The van der Waals surface area contributed by atoms with Crippen LogP contribution in [-0.4, -0.2) is 139 Å². The fourth-order valence-corrected chi connectivity index (χ4v) is 7.91. The van der Waals surface area contributed by atoms with Gasteiger partial charge >= 0.3 is 51.4 Å². The number of amides is 2. The van der Waals surface area contributed by atoms with Crippen molar-refractivity contribution < 1.29 is 80.3 Å². The minimum Gasteiger partial charge on any atom is -0.850 e. The Bertz CT molecular complexity index is 2390. The summed E-state index contributed by atoms with van der Waals surface area (Å²) in [6.45, 7) is 17.2. The van der Waals surface area contributed by atoms with Crippen LogP contribution in [0.15, 0.2) is 107 Å². The molecule has 0 spiro atoms. The number of morpholine rings is 2. The van der Waals surface area contributed by atoms with E-state index in [2.05, 4.69) is 97.6 Å². The summed E-state index contributed by atoms with van der Waals surface area (Å²) in [5.41, 5.74) is 3.30. The van der Waals surface area contributed by atoms with Crippen LogP contribution in [0.3, 0.4) is 0 Å². The third kappa shape index (κ3) is 22.8. The average molecular weight is 1120 g/mol. The van der Waals surface area contributed by atoms with Crippen LogP contribution in [-0.2, 0) is 14.2 Å². The summed E-state index contributed by atoms with van der Waals surface area (Å²) in [5, 5.41) is 18.8. The monoisotopic (exact) mass is 1120 g/mol. The molecule has 14 nitrogen and oxygen atoms in total. The summed E-state index contributed by atoms with van der Waals surface area (Å²) in [5.74, 6) is -0.262. The molecule has 9 rings (SSSR count). The van der Waals surface area contributed by atoms with Crippen molar-refractivity contribution in [3.63, 3.8) is 0 Å². The van der Waals surface area contributed by atoms with Crippen molar-refractivity contribution >= 4 is 77.1 Å². The molecule has 69 heavy (non-hydrogen) atoms. The molecule has 0 aliphatic carbocycles. The van der Waals surface area contributed by atoms with Gasteiger partial charge in [0.25, 0.3) is 11.8 Å². The van der Waals surface area contributed by atoms with E-state index < -0.39 is 5.60 Å². The molecule has 3 aliphatic heterocycles. The Morgan fingerprint density at radius 3 is 1.78 bits per heavy atom. The van der Waals surface area contributed by atoms with Gasteiger partial charge in [-0.15, -0.1) is 5.60 Å². The number of carbonyl (C=O) groups excluding carboxylic acids is 2. The molecule has 0 bridgehead atoms. The molecule has 18 heteroatoms. The molecule has 0 unspecified atom stereocenters. The maximum absolute atomic E-state index is 12.8. The van der Waals surface area contributed by atoms with Gasteiger partial charge in [0.15, 0.2) is 0 Å². The molecule has 7 heterocycles. The van der Waals surface area contributed by atoms with Crippen molar-refractivity contribution in [1.29, 1.82) is 0 Å². The summed E-state index contributed by atoms with van der Waals surface area (Å²) in [6, 6.07) is 19.9. The van der Waals surface area contributed by atoms with Gasteiger partial charge in [0.2, 0.25) is 0 Å². The number of halogens is 3. The quantitative estimate of drug-likeness (QED) is 0.105. The molecule has 0 saturated carbocycles. The molecule has 3 N–H and O–H groups in total. The Hall–Kier alpha value is -2.59. The van der Waals surface area contributed by atoms with E-state index >= 15 is 0 Å². The number of hydrogen-bond acceptors (Lipinski definition) is 10. The minimum atomic E-state index is -0.750. The van der Waals surface area contributed by atoms with E-state index in [0.29, 0.717) is 29.2 Å². The first-order chi connectivity index (χ1) is 32.4. The van der Waals surface area contributed by atoms with Crippen LogP contribution >= 0.6 is 43.5 Å². The van der Waals surface area contributed by atoms with Crippen LogP contribution in [0.2, 0.25) is 5.02 Å². The van der Waals surface area contributed by atoms with Gasteiger partial charge < -0.3 is 39.5 Å². The number of rotatable bonds is 11. The van der Waals surface area contributed by atoms with Gasteiger partial charge in [-0.25, -0.2) is 0 Å². The molecule has 2 aromatic carbocycles. The van der Waals surface area contributed by atoms with E-state index in [-0.39, 0.29) is 70.6 Å². The topological polar surface area (TPSA) is 162 Å². The Labute approximate surface area is 472 Å². The molecule has 370 valence electrons. The molecule has 6 aromatic rings. The van der Waals surface area contributed by atoms with Crippen LogP contribution in [0.1, 0.15) is 74.6 Å². The fourth-order valence-electron chi connectivity index (χ4n) is 7.01. The third-order valence-electron chi connectivity index (χ3n) is 10.4. The second-order valence-electron chi connectivity index (χ2n) is 16.9. The van der Waals surface area contributed by atoms with Gasteiger partial charge in [0.1, 0.15) is 0 Å². The number of aromatic amines is 1. The maximum atomic E-state index is 12.8. The fraction of sp³-hybridized carbons (Fsp3) is 0.451. The van der Waals surface area contributed by atoms with Crippen molar-refractivity contribution in [1.82, 2.24) is 40.0 Å². The molecule has 0 atom stereocenters. The molecule has 2 amide bonds. The van der Waals surface area contributed by atoms with Crippen molar-refractivity contribution in [2.45, 2.75) is 59.5 Å².